The van der Waals surface area contributed by atoms with Crippen molar-refractivity contribution in [3.8, 4) is 16.9 Å². The SMILES string of the molecule is O=c1oc2c3c(ccc2cc1-c1ccccc1)OCN(CCCc1ccccc1)C3. The third kappa shape index (κ3) is 3.74. The van der Waals surface area contributed by atoms with Crippen LogP contribution in [0.1, 0.15) is 17.5 Å². The molecule has 4 heteroatoms. The molecule has 1 aliphatic heterocycles. The number of ether oxygens (including phenoxy) is 1. The van der Waals surface area contributed by atoms with Gasteiger partial charge in [0.15, 0.2) is 0 Å². The smallest absolute Gasteiger partial charge is 0.344 e. The Hall–Kier alpha value is -3.37. The monoisotopic (exact) mass is 397 g/mol. The number of fused-ring (bicyclic) bond motifs is 3. The molecule has 4 nitrogen and oxygen atoms in total. The number of nitrogens with zero attached hydrogens (tertiary/aromatic N) is 1. The van der Waals surface area contributed by atoms with Crippen LogP contribution in [0.15, 0.2) is 88.1 Å². The summed E-state index contributed by atoms with van der Waals surface area (Å²) in [5.41, 5.74) is 4.06. The molecular formula is C26H23NO3. The van der Waals surface area contributed by atoms with Gasteiger partial charge in [0.25, 0.3) is 0 Å². The standard InChI is InChI=1S/C26H23NO3/c28-26-22(20-11-5-2-6-12-20)16-21-13-14-24-23(25(21)30-26)17-27(18-29-24)15-7-10-19-8-3-1-4-9-19/h1-6,8-9,11-14,16H,7,10,15,17-18H2. The normalized spacial score (nSPS) is 13.7. The van der Waals surface area contributed by atoms with Crippen LogP contribution in [0.3, 0.4) is 0 Å². The minimum absolute atomic E-state index is 0.316. The second-order valence-corrected chi connectivity index (χ2v) is 7.69. The van der Waals surface area contributed by atoms with Crippen LogP contribution >= 0.6 is 0 Å². The number of aryl methyl sites for hydroxylation is 1. The summed E-state index contributed by atoms with van der Waals surface area (Å²) in [6.45, 7) is 2.20. The van der Waals surface area contributed by atoms with Crippen LogP contribution in [0, 0.1) is 0 Å². The van der Waals surface area contributed by atoms with Crippen LogP contribution in [0.2, 0.25) is 0 Å². The summed E-state index contributed by atoms with van der Waals surface area (Å²) in [5, 5.41) is 0.918. The van der Waals surface area contributed by atoms with E-state index in [0.29, 0.717) is 17.9 Å². The maximum Gasteiger partial charge on any atom is 0.344 e. The van der Waals surface area contributed by atoms with E-state index in [1.807, 2.05) is 54.6 Å². The highest BCUT2D eigenvalue weighted by molar-refractivity contribution is 5.86. The van der Waals surface area contributed by atoms with E-state index in [4.69, 9.17) is 9.15 Å². The molecule has 30 heavy (non-hydrogen) atoms. The molecule has 0 unspecified atom stereocenters. The van der Waals surface area contributed by atoms with Gasteiger partial charge >= 0.3 is 5.63 Å². The van der Waals surface area contributed by atoms with Crippen LogP contribution in [0.5, 0.6) is 5.75 Å². The quantitative estimate of drug-likeness (QED) is 0.432. The van der Waals surface area contributed by atoms with Gasteiger partial charge in [0.2, 0.25) is 0 Å². The Morgan fingerprint density at radius 1 is 0.900 bits per heavy atom. The summed E-state index contributed by atoms with van der Waals surface area (Å²) < 4.78 is 11.8. The molecule has 0 amide bonds. The zero-order chi connectivity index (χ0) is 20.3. The first-order valence-corrected chi connectivity index (χ1v) is 10.3. The number of benzene rings is 3. The second-order valence-electron chi connectivity index (χ2n) is 7.69. The number of hydrogen-bond acceptors (Lipinski definition) is 4. The fraction of sp³-hybridized carbons (Fsp3) is 0.192. The Kier molecular flexibility index (Phi) is 5.08. The average molecular weight is 397 g/mol. The van der Waals surface area contributed by atoms with E-state index in [2.05, 4.69) is 29.2 Å². The summed E-state index contributed by atoms with van der Waals surface area (Å²) >= 11 is 0. The van der Waals surface area contributed by atoms with Gasteiger partial charge in [0.05, 0.1) is 11.1 Å². The summed E-state index contributed by atoms with van der Waals surface area (Å²) in [7, 11) is 0. The van der Waals surface area contributed by atoms with Crippen LogP contribution in [-0.4, -0.2) is 18.2 Å². The maximum absolute atomic E-state index is 12.7. The largest absolute Gasteiger partial charge is 0.478 e. The van der Waals surface area contributed by atoms with Crippen LogP contribution in [0.4, 0.5) is 0 Å². The van der Waals surface area contributed by atoms with Crippen molar-refractivity contribution < 1.29 is 9.15 Å². The highest BCUT2D eigenvalue weighted by Gasteiger charge is 2.22. The molecule has 4 aromatic rings. The third-order valence-electron chi connectivity index (χ3n) is 5.61. The van der Waals surface area contributed by atoms with Gasteiger partial charge in [0.1, 0.15) is 18.1 Å². The van der Waals surface area contributed by atoms with Crippen molar-refractivity contribution in [1.29, 1.82) is 0 Å². The third-order valence-corrected chi connectivity index (χ3v) is 5.61. The highest BCUT2D eigenvalue weighted by atomic mass is 16.5. The molecular weight excluding hydrogens is 374 g/mol. The topological polar surface area (TPSA) is 42.7 Å². The lowest BCUT2D eigenvalue weighted by atomic mass is 10.0. The molecule has 1 aromatic heterocycles. The first-order valence-electron chi connectivity index (χ1n) is 10.3. The highest BCUT2D eigenvalue weighted by Crippen LogP contribution is 2.33. The van der Waals surface area contributed by atoms with Crippen LogP contribution < -0.4 is 10.4 Å². The Balaban J connectivity index is 1.39. The van der Waals surface area contributed by atoms with Crippen molar-refractivity contribution in [2.75, 3.05) is 13.3 Å². The molecule has 0 N–H and O–H groups in total. The Labute approximate surface area is 175 Å². The molecule has 1 aliphatic rings. The van der Waals surface area contributed by atoms with Gasteiger partial charge in [-0.05, 0) is 42.2 Å². The van der Waals surface area contributed by atoms with Gasteiger partial charge in [0, 0.05) is 18.5 Å². The summed E-state index contributed by atoms with van der Waals surface area (Å²) in [6.07, 6.45) is 2.09. The predicted molar refractivity (Wildman–Crippen MR) is 119 cm³/mol. The van der Waals surface area contributed by atoms with Gasteiger partial charge in [-0.3, -0.25) is 4.90 Å². The number of rotatable bonds is 5. The predicted octanol–water partition coefficient (Wildman–Crippen LogP) is 5.24. The lowest BCUT2D eigenvalue weighted by Gasteiger charge is -2.29. The van der Waals surface area contributed by atoms with Gasteiger partial charge in [-0.25, -0.2) is 4.79 Å². The molecule has 3 aromatic carbocycles. The molecule has 0 fully saturated rings. The first kappa shape index (κ1) is 18.6. The van der Waals surface area contributed by atoms with E-state index in [9.17, 15) is 4.79 Å². The van der Waals surface area contributed by atoms with Gasteiger partial charge in [-0.1, -0.05) is 60.7 Å². The second kappa shape index (κ2) is 8.17. The number of hydrogen-bond donors (Lipinski definition) is 0. The molecule has 0 bridgehead atoms. The lowest BCUT2D eigenvalue weighted by Crippen LogP contribution is -2.33. The van der Waals surface area contributed by atoms with E-state index >= 15 is 0 Å². The zero-order valence-electron chi connectivity index (χ0n) is 16.7. The Bertz CT molecular complexity index is 1220. The van der Waals surface area contributed by atoms with E-state index in [1.165, 1.54) is 5.56 Å². The van der Waals surface area contributed by atoms with Gasteiger partial charge < -0.3 is 9.15 Å². The van der Waals surface area contributed by atoms with Crippen LogP contribution in [0.25, 0.3) is 22.1 Å². The van der Waals surface area contributed by atoms with Crippen molar-refractivity contribution in [3.63, 3.8) is 0 Å². The average Bonchev–Trinajstić information content (AvgIpc) is 2.80. The van der Waals surface area contributed by atoms with Crippen molar-refractivity contribution in [2.45, 2.75) is 19.4 Å². The van der Waals surface area contributed by atoms with Crippen molar-refractivity contribution in [2.24, 2.45) is 0 Å². The molecule has 2 heterocycles. The van der Waals surface area contributed by atoms with Crippen molar-refractivity contribution >= 4 is 11.0 Å². The van der Waals surface area contributed by atoms with E-state index in [1.54, 1.807) is 0 Å². The Morgan fingerprint density at radius 3 is 2.47 bits per heavy atom. The molecule has 0 aliphatic carbocycles. The molecule has 0 saturated heterocycles. The molecule has 150 valence electrons. The summed E-state index contributed by atoms with van der Waals surface area (Å²) in [6, 6.07) is 26.0. The molecule has 0 saturated carbocycles. The fourth-order valence-electron chi connectivity index (χ4n) is 4.05. The van der Waals surface area contributed by atoms with Gasteiger partial charge in [-0.2, -0.15) is 0 Å². The minimum Gasteiger partial charge on any atom is -0.478 e. The van der Waals surface area contributed by atoms with E-state index < -0.39 is 0 Å². The van der Waals surface area contributed by atoms with E-state index in [-0.39, 0.29) is 5.63 Å². The lowest BCUT2D eigenvalue weighted by molar-refractivity contribution is 0.0946. The molecule has 5 rings (SSSR count). The molecule has 0 atom stereocenters. The van der Waals surface area contributed by atoms with Crippen LogP contribution in [-0.2, 0) is 13.0 Å². The molecule has 0 spiro atoms. The minimum atomic E-state index is -0.316. The summed E-state index contributed by atoms with van der Waals surface area (Å²) in [5.74, 6) is 0.803. The summed E-state index contributed by atoms with van der Waals surface area (Å²) in [4.78, 5) is 15.0. The fourth-order valence-corrected chi connectivity index (χ4v) is 4.05. The van der Waals surface area contributed by atoms with Crippen molar-refractivity contribution in [1.82, 2.24) is 4.90 Å². The zero-order valence-corrected chi connectivity index (χ0v) is 16.7. The Morgan fingerprint density at radius 2 is 1.67 bits per heavy atom. The first-order chi connectivity index (χ1) is 14.8. The van der Waals surface area contributed by atoms with Crippen molar-refractivity contribution in [3.05, 3.63) is 100 Å². The van der Waals surface area contributed by atoms with Gasteiger partial charge in [-0.15, -0.1) is 0 Å². The maximum atomic E-state index is 12.7. The van der Waals surface area contributed by atoms with E-state index in [0.717, 1.165) is 48.2 Å². The molecule has 0 radical (unpaired) electrons.